The molecule has 0 aliphatic heterocycles. The first-order chi connectivity index (χ1) is 14.6. The van der Waals surface area contributed by atoms with Gasteiger partial charge in [0.15, 0.2) is 5.96 Å². The molecule has 11 N–H and O–H groups in total. The smallest absolute Gasteiger partial charge is 0.325 e. The Morgan fingerprint density at radius 1 is 1.16 bits per heavy atom. The second-order valence-electron chi connectivity index (χ2n) is 6.68. The maximum absolute atomic E-state index is 12.8. The monoisotopic (exact) mass is 439 g/mol. The highest BCUT2D eigenvalue weighted by atomic mass is 16.4. The molecule has 3 amide bonds. The molecule has 1 aromatic rings. The normalized spacial score (nSPS) is 13.4. The van der Waals surface area contributed by atoms with Gasteiger partial charge in [-0.15, -0.1) is 0 Å². The lowest BCUT2D eigenvalue weighted by Gasteiger charge is -2.23. The van der Waals surface area contributed by atoms with Crippen molar-refractivity contribution in [3.05, 3.63) is 18.2 Å². The summed E-state index contributed by atoms with van der Waals surface area (Å²) >= 11 is 0. The van der Waals surface area contributed by atoms with E-state index in [4.69, 9.17) is 22.3 Å². The number of H-pyrrole nitrogens is 1. The van der Waals surface area contributed by atoms with E-state index in [-0.39, 0.29) is 31.9 Å². The number of nitrogens with two attached hydrogens (primary N) is 3. The third kappa shape index (κ3) is 9.58. The molecule has 0 spiro atoms. The largest absolute Gasteiger partial charge is 0.480 e. The molecule has 0 fully saturated rings. The number of nitrogens with one attached hydrogen (secondary N) is 4. The van der Waals surface area contributed by atoms with Gasteiger partial charge in [0.25, 0.3) is 0 Å². The van der Waals surface area contributed by atoms with Gasteiger partial charge in [0.05, 0.1) is 12.9 Å². The summed E-state index contributed by atoms with van der Waals surface area (Å²) in [5.74, 6) is -3.26. The number of aliphatic carboxylic acids is 1. The highest BCUT2D eigenvalue weighted by molar-refractivity contribution is 5.93. The lowest BCUT2D eigenvalue weighted by atomic mass is 10.1. The number of aromatic nitrogens is 2. The van der Waals surface area contributed by atoms with Crippen molar-refractivity contribution in [1.29, 1.82) is 0 Å². The van der Waals surface area contributed by atoms with E-state index in [1.165, 1.54) is 19.4 Å². The summed E-state index contributed by atoms with van der Waals surface area (Å²) in [6.07, 6.45) is 3.44. The third-order valence-electron chi connectivity index (χ3n) is 4.12. The van der Waals surface area contributed by atoms with Gasteiger partial charge in [-0.1, -0.05) is 0 Å². The van der Waals surface area contributed by atoms with Gasteiger partial charge in [0, 0.05) is 24.9 Å². The minimum Gasteiger partial charge on any atom is -0.480 e. The van der Waals surface area contributed by atoms with E-state index < -0.39 is 41.8 Å². The van der Waals surface area contributed by atoms with Crippen molar-refractivity contribution >= 4 is 29.7 Å². The minimum absolute atomic E-state index is 0.0748. The van der Waals surface area contributed by atoms with Crippen LogP contribution in [0.3, 0.4) is 0 Å². The molecule has 0 saturated carbocycles. The first kappa shape index (κ1) is 25.4. The molecule has 14 nitrogen and oxygen atoms in total. The Balaban J connectivity index is 2.92. The van der Waals surface area contributed by atoms with Crippen molar-refractivity contribution in [2.24, 2.45) is 22.2 Å². The lowest BCUT2D eigenvalue weighted by molar-refractivity contribution is -0.141. The summed E-state index contributed by atoms with van der Waals surface area (Å²) in [4.78, 5) is 58.7. The summed E-state index contributed by atoms with van der Waals surface area (Å²) in [6, 6.07) is -3.29. The van der Waals surface area contributed by atoms with Gasteiger partial charge in [-0.2, -0.15) is 0 Å². The van der Waals surface area contributed by atoms with Crippen LogP contribution in [0.1, 0.15) is 25.5 Å². The van der Waals surface area contributed by atoms with Crippen molar-refractivity contribution in [2.75, 3.05) is 13.1 Å². The number of guanidine groups is 1. The van der Waals surface area contributed by atoms with Crippen LogP contribution in [0, 0.1) is 0 Å². The van der Waals surface area contributed by atoms with Crippen molar-refractivity contribution < 1.29 is 24.3 Å². The summed E-state index contributed by atoms with van der Waals surface area (Å²) in [5.41, 5.74) is 16.4. The zero-order valence-electron chi connectivity index (χ0n) is 17.1. The van der Waals surface area contributed by atoms with Gasteiger partial charge in [0.1, 0.15) is 18.1 Å². The van der Waals surface area contributed by atoms with Crippen LogP contribution < -0.4 is 33.2 Å². The number of amides is 3. The van der Waals surface area contributed by atoms with Crippen LogP contribution >= 0.6 is 0 Å². The number of carbonyl (C=O) groups excluding carboxylic acids is 3. The number of carbonyl (C=O) groups is 4. The van der Waals surface area contributed by atoms with E-state index in [2.05, 4.69) is 30.9 Å². The Hall–Kier alpha value is -3.68. The van der Waals surface area contributed by atoms with Gasteiger partial charge in [-0.05, 0) is 19.8 Å². The van der Waals surface area contributed by atoms with Crippen molar-refractivity contribution in [3.8, 4) is 0 Å². The SMILES string of the molecule is CC(NC(=O)C(CCCN=C(N)N)NC(=O)C(Cc1cnc[nH]1)NC(=O)CN)C(=O)O. The highest BCUT2D eigenvalue weighted by Crippen LogP contribution is 2.04. The number of hydrogen-bond donors (Lipinski definition) is 8. The predicted octanol–water partition coefficient (Wildman–Crippen LogP) is -3.48. The second kappa shape index (κ2) is 12.8. The molecule has 0 radical (unpaired) electrons. The summed E-state index contributed by atoms with van der Waals surface area (Å²) in [7, 11) is 0. The van der Waals surface area contributed by atoms with Gasteiger partial charge in [-0.25, -0.2) is 4.98 Å². The molecule has 0 saturated heterocycles. The van der Waals surface area contributed by atoms with E-state index in [0.29, 0.717) is 12.1 Å². The average Bonchev–Trinajstić information content (AvgIpc) is 3.22. The molecule has 172 valence electrons. The number of rotatable bonds is 13. The van der Waals surface area contributed by atoms with Gasteiger partial charge in [0.2, 0.25) is 17.7 Å². The van der Waals surface area contributed by atoms with Crippen LogP contribution in [0.15, 0.2) is 17.5 Å². The Morgan fingerprint density at radius 2 is 1.84 bits per heavy atom. The molecule has 1 aromatic heterocycles. The van der Waals surface area contributed by atoms with Gasteiger partial charge in [-0.3, -0.25) is 24.2 Å². The molecule has 0 bridgehead atoms. The van der Waals surface area contributed by atoms with Crippen molar-refractivity contribution in [2.45, 2.75) is 44.3 Å². The molecular formula is C17H29N9O5. The topological polar surface area (TPSA) is 244 Å². The van der Waals surface area contributed by atoms with Crippen LogP contribution in [0.4, 0.5) is 0 Å². The number of nitrogens with zero attached hydrogens (tertiary/aromatic N) is 2. The molecule has 1 rings (SSSR count). The second-order valence-corrected chi connectivity index (χ2v) is 6.68. The number of hydrogen-bond acceptors (Lipinski definition) is 7. The van der Waals surface area contributed by atoms with Crippen LogP contribution in [0.2, 0.25) is 0 Å². The van der Waals surface area contributed by atoms with Crippen LogP contribution in [0.5, 0.6) is 0 Å². The third-order valence-corrected chi connectivity index (χ3v) is 4.12. The Kier molecular flexibility index (Phi) is 10.5. The fraction of sp³-hybridized carbons (Fsp3) is 0.529. The zero-order chi connectivity index (χ0) is 23.4. The summed E-state index contributed by atoms with van der Waals surface area (Å²) < 4.78 is 0. The lowest BCUT2D eigenvalue weighted by Crippen LogP contribution is -2.56. The number of imidazole rings is 1. The Bertz CT molecular complexity index is 777. The van der Waals surface area contributed by atoms with Crippen molar-refractivity contribution in [1.82, 2.24) is 25.9 Å². The molecule has 3 unspecified atom stereocenters. The summed E-state index contributed by atoms with van der Waals surface area (Å²) in [6.45, 7) is 1.17. The average molecular weight is 439 g/mol. The molecule has 0 aliphatic rings. The van der Waals surface area contributed by atoms with Gasteiger partial charge >= 0.3 is 5.97 Å². The number of aliphatic imine (C=N–C) groups is 1. The summed E-state index contributed by atoms with van der Waals surface area (Å²) in [5, 5.41) is 16.4. The number of carboxylic acid groups (broad SMARTS) is 1. The molecule has 14 heteroatoms. The minimum atomic E-state index is -1.23. The van der Waals surface area contributed by atoms with E-state index >= 15 is 0 Å². The zero-order valence-corrected chi connectivity index (χ0v) is 17.1. The van der Waals surface area contributed by atoms with E-state index in [9.17, 15) is 19.2 Å². The maximum Gasteiger partial charge on any atom is 0.325 e. The molecule has 0 aromatic carbocycles. The van der Waals surface area contributed by atoms with Crippen LogP contribution in [-0.4, -0.2) is 75.9 Å². The number of carboxylic acids is 1. The highest BCUT2D eigenvalue weighted by Gasteiger charge is 2.28. The quantitative estimate of drug-likeness (QED) is 0.0862. The fourth-order valence-corrected chi connectivity index (χ4v) is 2.50. The van der Waals surface area contributed by atoms with E-state index in [1.807, 2.05) is 0 Å². The fourth-order valence-electron chi connectivity index (χ4n) is 2.50. The molecular weight excluding hydrogens is 410 g/mol. The predicted molar refractivity (Wildman–Crippen MR) is 110 cm³/mol. The molecule has 31 heavy (non-hydrogen) atoms. The van der Waals surface area contributed by atoms with Gasteiger partial charge < -0.3 is 43.2 Å². The maximum atomic E-state index is 12.8. The first-order valence-corrected chi connectivity index (χ1v) is 9.49. The Labute approximate surface area is 178 Å². The number of aromatic amines is 1. The Morgan fingerprint density at radius 3 is 2.39 bits per heavy atom. The first-order valence-electron chi connectivity index (χ1n) is 9.49. The standard InChI is InChI=1S/C17H29N9O5/c1-9(16(30)31)24-14(28)11(3-2-4-22-17(19)20)26-15(29)12(25-13(27)6-18)5-10-7-21-8-23-10/h7-9,11-12H,2-6,18H2,1H3,(H,21,23)(H,24,28)(H,25,27)(H,26,29)(H,30,31)(H4,19,20,22). The van der Waals surface area contributed by atoms with Crippen LogP contribution in [0.25, 0.3) is 0 Å². The molecule has 3 atom stereocenters. The van der Waals surface area contributed by atoms with Crippen LogP contribution in [-0.2, 0) is 25.6 Å². The van der Waals surface area contributed by atoms with Crippen molar-refractivity contribution in [3.63, 3.8) is 0 Å². The van der Waals surface area contributed by atoms with E-state index in [1.54, 1.807) is 0 Å². The molecule has 1 heterocycles. The van der Waals surface area contributed by atoms with E-state index in [0.717, 1.165) is 0 Å². The molecule has 0 aliphatic carbocycles.